The molecule has 248 valence electrons. The van der Waals surface area contributed by atoms with Gasteiger partial charge in [0.2, 0.25) is 0 Å². The van der Waals surface area contributed by atoms with Crippen LogP contribution in [0.1, 0.15) is 102 Å². The second-order valence-electron chi connectivity index (χ2n) is 13.3. The van der Waals surface area contributed by atoms with Gasteiger partial charge in [-0.05, 0) is 101 Å². The molecule has 1 aromatic rings. The lowest BCUT2D eigenvalue weighted by Crippen LogP contribution is -2.38. The molecule has 0 aliphatic heterocycles. The Labute approximate surface area is 264 Å². The molecule has 0 spiro atoms. The smallest absolute Gasteiger partial charge is 0.335 e. The van der Waals surface area contributed by atoms with Gasteiger partial charge in [0, 0.05) is 0 Å². The highest BCUT2D eigenvalue weighted by Gasteiger charge is 2.36. The van der Waals surface area contributed by atoms with Crippen molar-refractivity contribution in [3.8, 4) is 0 Å². The molecule has 0 aromatic heterocycles. The number of aliphatic hydroxyl groups excluding tert-OH is 2. The lowest BCUT2D eigenvalue weighted by molar-refractivity contribution is -0.159. The van der Waals surface area contributed by atoms with E-state index in [2.05, 4.69) is 37.8 Å². The molecular weight excluding hydrogens is 560 g/mol. The fourth-order valence-corrected chi connectivity index (χ4v) is 6.50. The van der Waals surface area contributed by atoms with Crippen LogP contribution < -0.4 is 0 Å². The molecule has 2 fully saturated rings. The van der Waals surface area contributed by atoms with E-state index in [1.54, 1.807) is 13.8 Å². The summed E-state index contributed by atoms with van der Waals surface area (Å²) in [6.07, 6.45) is 12.3. The SMILES string of the molecule is C=C(CO)C(=O)OCCOC1CC(OCCOC(=O)C(C)(C)CO)CC(C2CCC(c3ccc(CCCCC)cc3)CC2)C1. The van der Waals surface area contributed by atoms with Gasteiger partial charge in [0.1, 0.15) is 13.2 Å². The minimum atomic E-state index is -0.933. The molecule has 3 rings (SSSR count). The minimum absolute atomic E-state index is 0.0157. The Balaban J connectivity index is 1.52. The zero-order valence-corrected chi connectivity index (χ0v) is 27.3. The number of unbranched alkanes of at least 4 members (excludes halogenated alkanes) is 2. The lowest BCUT2D eigenvalue weighted by Gasteiger charge is -2.41. The Kier molecular flexibility index (Phi) is 15.3. The molecule has 3 atom stereocenters. The van der Waals surface area contributed by atoms with Gasteiger partial charge >= 0.3 is 11.9 Å². The molecule has 0 radical (unpaired) electrons. The number of aryl methyl sites for hydroxylation is 1. The normalized spacial score (nSPS) is 24.1. The average molecular weight is 617 g/mol. The Bertz CT molecular complexity index is 1010. The van der Waals surface area contributed by atoms with E-state index < -0.39 is 24.0 Å². The maximum atomic E-state index is 12.2. The van der Waals surface area contributed by atoms with Gasteiger partial charge in [-0.1, -0.05) is 50.6 Å². The van der Waals surface area contributed by atoms with E-state index in [0.29, 0.717) is 24.4 Å². The van der Waals surface area contributed by atoms with E-state index in [0.717, 1.165) is 19.3 Å². The molecule has 2 aliphatic carbocycles. The highest BCUT2D eigenvalue weighted by molar-refractivity contribution is 5.87. The number of carbonyl (C=O) groups excluding carboxylic acids is 2. The van der Waals surface area contributed by atoms with Crippen LogP contribution >= 0.6 is 0 Å². The summed E-state index contributed by atoms with van der Waals surface area (Å²) in [4.78, 5) is 24.0. The van der Waals surface area contributed by atoms with Crippen molar-refractivity contribution in [1.29, 1.82) is 0 Å². The summed E-state index contributed by atoms with van der Waals surface area (Å²) in [5, 5.41) is 18.5. The van der Waals surface area contributed by atoms with Crippen molar-refractivity contribution in [2.45, 2.75) is 110 Å². The molecule has 2 N–H and O–H groups in total. The van der Waals surface area contributed by atoms with Crippen LogP contribution in [-0.2, 0) is 35.0 Å². The standard InChI is InChI=1S/C36H56O8/c1-5-6-7-8-27-9-11-28(12-10-27)29-13-15-30(16-14-29)31-21-32(41-17-19-43-34(39)26(2)24-37)23-33(22-31)42-18-20-44-35(40)36(3,4)25-38/h9-12,29-33,37-38H,2,5-8,13-25H2,1,3-4H3. The Morgan fingerprint density at radius 3 is 2.02 bits per heavy atom. The third kappa shape index (κ3) is 11.6. The summed E-state index contributed by atoms with van der Waals surface area (Å²) in [5.74, 6) is 0.632. The Morgan fingerprint density at radius 1 is 0.841 bits per heavy atom. The molecule has 0 heterocycles. The van der Waals surface area contributed by atoms with E-state index in [4.69, 9.17) is 24.1 Å². The predicted octanol–water partition coefficient (Wildman–Crippen LogP) is 5.92. The van der Waals surface area contributed by atoms with Gasteiger partial charge in [0.15, 0.2) is 0 Å². The quantitative estimate of drug-likeness (QED) is 0.119. The molecule has 0 amide bonds. The van der Waals surface area contributed by atoms with Gasteiger partial charge in [-0.2, -0.15) is 0 Å². The van der Waals surface area contributed by atoms with E-state index in [9.17, 15) is 14.7 Å². The fraction of sp³-hybridized carbons (Fsp3) is 0.722. The van der Waals surface area contributed by atoms with Crippen molar-refractivity contribution < 1.29 is 38.7 Å². The first-order valence-electron chi connectivity index (χ1n) is 16.7. The second kappa shape index (κ2) is 18.6. The number of esters is 2. The molecule has 8 heteroatoms. The van der Waals surface area contributed by atoms with Crippen LogP contribution in [0, 0.1) is 17.3 Å². The van der Waals surface area contributed by atoms with Crippen molar-refractivity contribution in [2.75, 3.05) is 39.6 Å². The number of carbonyl (C=O) groups is 2. The van der Waals surface area contributed by atoms with Gasteiger partial charge in [-0.3, -0.25) is 4.79 Å². The van der Waals surface area contributed by atoms with E-state index in [1.165, 1.54) is 62.5 Å². The maximum absolute atomic E-state index is 12.2. The molecule has 3 unspecified atom stereocenters. The van der Waals surface area contributed by atoms with E-state index in [-0.39, 0.29) is 44.2 Å². The van der Waals surface area contributed by atoms with Crippen LogP contribution in [0.15, 0.2) is 36.4 Å². The summed E-state index contributed by atoms with van der Waals surface area (Å²) in [6, 6.07) is 9.33. The first-order chi connectivity index (χ1) is 21.2. The van der Waals surface area contributed by atoms with Crippen LogP contribution in [0.5, 0.6) is 0 Å². The van der Waals surface area contributed by atoms with Crippen molar-refractivity contribution in [2.24, 2.45) is 17.3 Å². The van der Waals surface area contributed by atoms with Gasteiger partial charge < -0.3 is 29.2 Å². The summed E-state index contributed by atoms with van der Waals surface area (Å²) in [5.41, 5.74) is 2.00. The van der Waals surface area contributed by atoms with Gasteiger partial charge in [-0.15, -0.1) is 0 Å². The van der Waals surface area contributed by atoms with Crippen molar-refractivity contribution >= 4 is 11.9 Å². The molecule has 44 heavy (non-hydrogen) atoms. The predicted molar refractivity (Wildman–Crippen MR) is 170 cm³/mol. The summed E-state index contributed by atoms with van der Waals surface area (Å²) >= 11 is 0. The lowest BCUT2D eigenvalue weighted by atomic mass is 9.69. The number of hydrogen-bond acceptors (Lipinski definition) is 8. The average Bonchev–Trinajstić information content (AvgIpc) is 3.05. The number of rotatable bonds is 18. The number of benzene rings is 1. The van der Waals surface area contributed by atoms with Gasteiger partial charge in [-0.25, -0.2) is 4.79 Å². The molecule has 8 nitrogen and oxygen atoms in total. The summed E-state index contributed by atoms with van der Waals surface area (Å²) < 4.78 is 22.9. The van der Waals surface area contributed by atoms with Crippen LogP contribution in [0.25, 0.3) is 0 Å². The van der Waals surface area contributed by atoms with Crippen molar-refractivity contribution in [3.05, 3.63) is 47.5 Å². The summed E-state index contributed by atoms with van der Waals surface area (Å²) in [7, 11) is 0. The topological polar surface area (TPSA) is 112 Å². The van der Waals surface area contributed by atoms with Crippen molar-refractivity contribution in [1.82, 2.24) is 0 Å². The number of hydrogen-bond donors (Lipinski definition) is 2. The van der Waals surface area contributed by atoms with Crippen LogP contribution in [0.2, 0.25) is 0 Å². The zero-order valence-electron chi connectivity index (χ0n) is 27.3. The van der Waals surface area contributed by atoms with E-state index >= 15 is 0 Å². The Hall–Kier alpha value is -2.26. The zero-order chi connectivity index (χ0) is 32.0. The van der Waals surface area contributed by atoms with Gasteiger partial charge in [0.25, 0.3) is 0 Å². The number of ether oxygens (including phenoxy) is 4. The minimum Gasteiger partial charge on any atom is -0.463 e. The molecule has 0 saturated heterocycles. The van der Waals surface area contributed by atoms with Crippen LogP contribution in [0.4, 0.5) is 0 Å². The molecule has 2 saturated carbocycles. The van der Waals surface area contributed by atoms with Crippen molar-refractivity contribution in [3.63, 3.8) is 0 Å². The first kappa shape index (κ1) is 36.2. The third-order valence-corrected chi connectivity index (χ3v) is 9.38. The Morgan fingerprint density at radius 2 is 1.45 bits per heavy atom. The highest BCUT2D eigenvalue weighted by atomic mass is 16.6. The molecule has 0 bridgehead atoms. The molecule has 1 aromatic carbocycles. The molecule has 2 aliphatic rings. The third-order valence-electron chi connectivity index (χ3n) is 9.38. The molecular formula is C36H56O8. The van der Waals surface area contributed by atoms with E-state index in [1.807, 2.05) is 0 Å². The monoisotopic (exact) mass is 616 g/mol. The van der Waals surface area contributed by atoms with Crippen LogP contribution in [0.3, 0.4) is 0 Å². The highest BCUT2D eigenvalue weighted by Crippen LogP contribution is 2.44. The van der Waals surface area contributed by atoms with Crippen LogP contribution in [-0.4, -0.2) is 74.0 Å². The maximum Gasteiger partial charge on any atom is 0.335 e. The second-order valence-corrected chi connectivity index (χ2v) is 13.3. The summed E-state index contributed by atoms with van der Waals surface area (Å²) in [6.45, 7) is 9.14. The first-order valence-corrected chi connectivity index (χ1v) is 16.7. The fourth-order valence-electron chi connectivity index (χ4n) is 6.50. The van der Waals surface area contributed by atoms with Gasteiger partial charge in [0.05, 0.1) is 49.6 Å². The number of aliphatic hydroxyl groups is 2. The largest absolute Gasteiger partial charge is 0.463 e.